The molecule has 47 heavy (non-hydrogen) atoms. The number of allylic oxidation sites excluding steroid dienone is 1. The normalized spacial score (nSPS) is 23.1. The molecule has 9 heteroatoms. The molecular formula is C38H56F2N2O5. The summed E-state index contributed by atoms with van der Waals surface area (Å²) in [5, 5.41) is 22.0. The van der Waals surface area contributed by atoms with E-state index in [4.69, 9.17) is 4.74 Å². The second kappa shape index (κ2) is 17.6. The first-order valence-corrected chi connectivity index (χ1v) is 18.2. The average molecular weight is 659 g/mol. The van der Waals surface area contributed by atoms with Gasteiger partial charge in [-0.2, -0.15) is 0 Å². The third kappa shape index (κ3) is 10.1. The van der Waals surface area contributed by atoms with Crippen LogP contribution in [0.4, 0.5) is 8.78 Å². The van der Waals surface area contributed by atoms with E-state index in [0.29, 0.717) is 62.5 Å². The molecule has 0 aromatic carbocycles. The fourth-order valence-electron chi connectivity index (χ4n) is 7.38. The van der Waals surface area contributed by atoms with Crippen LogP contribution in [0.25, 0.3) is 5.57 Å². The molecule has 4 N–H and O–H groups in total. The SMILES string of the molecule is CCCCCCCCC1(O)CC=C(c2c[nH]c(C(=O)OC(=O)c3[nH]cc(C4CCC(O)(CCCCCCCC)CC4)c3F)c2F)CC1. The number of H-pyrrole nitrogens is 2. The maximum absolute atomic E-state index is 15.4. The zero-order valence-electron chi connectivity index (χ0n) is 28.5. The van der Waals surface area contributed by atoms with Crippen LogP contribution < -0.4 is 0 Å². The van der Waals surface area contributed by atoms with Gasteiger partial charge in [0.2, 0.25) is 0 Å². The van der Waals surface area contributed by atoms with E-state index in [-0.39, 0.29) is 11.5 Å². The predicted molar refractivity (Wildman–Crippen MR) is 180 cm³/mol. The molecule has 262 valence electrons. The Morgan fingerprint density at radius 2 is 1.30 bits per heavy atom. The van der Waals surface area contributed by atoms with Gasteiger partial charge in [0.05, 0.1) is 11.2 Å². The van der Waals surface area contributed by atoms with E-state index in [9.17, 15) is 19.8 Å². The molecule has 0 aliphatic heterocycles. The summed E-state index contributed by atoms with van der Waals surface area (Å²) in [6.45, 7) is 4.37. The number of unbranched alkanes of at least 4 members (excludes halogenated alkanes) is 10. The average Bonchev–Trinajstić information content (AvgIpc) is 3.63. The topological polar surface area (TPSA) is 115 Å². The van der Waals surface area contributed by atoms with Crippen LogP contribution in [0.15, 0.2) is 18.5 Å². The van der Waals surface area contributed by atoms with Crippen LogP contribution >= 0.6 is 0 Å². The predicted octanol–water partition coefficient (Wildman–Crippen LogP) is 9.81. The molecule has 0 bridgehead atoms. The highest BCUT2D eigenvalue weighted by atomic mass is 19.1. The van der Waals surface area contributed by atoms with Crippen LogP contribution in [0, 0.1) is 11.6 Å². The number of aliphatic hydroxyl groups is 2. The summed E-state index contributed by atoms with van der Waals surface area (Å²) in [5.41, 5.74) is -1.31. The number of esters is 2. The van der Waals surface area contributed by atoms with Gasteiger partial charge in [0.15, 0.2) is 23.0 Å². The minimum Gasteiger partial charge on any atom is -0.390 e. The highest BCUT2D eigenvalue weighted by Gasteiger charge is 2.36. The Morgan fingerprint density at radius 3 is 1.87 bits per heavy atom. The van der Waals surface area contributed by atoms with E-state index >= 15 is 8.78 Å². The number of aromatic nitrogens is 2. The van der Waals surface area contributed by atoms with Crippen molar-refractivity contribution in [1.29, 1.82) is 0 Å². The maximum Gasteiger partial charge on any atom is 0.365 e. The molecule has 4 rings (SSSR count). The Morgan fingerprint density at radius 1 is 0.766 bits per heavy atom. The van der Waals surface area contributed by atoms with Crippen LogP contribution in [-0.2, 0) is 4.74 Å². The highest BCUT2D eigenvalue weighted by molar-refractivity contribution is 6.01. The van der Waals surface area contributed by atoms with Crippen LogP contribution in [0.2, 0.25) is 0 Å². The summed E-state index contributed by atoms with van der Waals surface area (Å²) < 4.78 is 35.6. The van der Waals surface area contributed by atoms with Gasteiger partial charge in [0.25, 0.3) is 0 Å². The van der Waals surface area contributed by atoms with Crippen molar-refractivity contribution in [2.45, 2.75) is 166 Å². The van der Waals surface area contributed by atoms with E-state index in [1.165, 1.54) is 63.8 Å². The number of carbonyl (C=O) groups is 2. The Kier molecular flexibility index (Phi) is 13.8. The minimum absolute atomic E-state index is 0.163. The fraction of sp³-hybridized carbons (Fsp3) is 0.684. The lowest BCUT2D eigenvalue weighted by Gasteiger charge is -2.36. The monoisotopic (exact) mass is 658 g/mol. The number of hydrogen-bond acceptors (Lipinski definition) is 5. The number of aromatic amines is 2. The summed E-state index contributed by atoms with van der Waals surface area (Å²) in [5.74, 6) is -4.23. The van der Waals surface area contributed by atoms with E-state index in [1.807, 2.05) is 6.08 Å². The Hall–Kier alpha value is -2.78. The van der Waals surface area contributed by atoms with Gasteiger partial charge in [-0.15, -0.1) is 0 Å². The van der Waals surface area contributed by atoms with E-state index < -0.39 is 46.2 Å². The van der Waals surface area contributed by atoms with E-state index in [0.717, 1.165) is 32.1 Å². The largest absolute Gasteiger partial charge is 0.390 e. The van der Waals surface area contributed by atoms with E-state index in [2.05, 4.69) is 23.8 Å². The summed E-state index contributed by atoms with van der Waals surface area (Å²) in [4.78, 5) is 30.7. The highest BCUT2D eigenvalue weighted by Crippen LogP contribution is 2.42. The lowest BCUT2D eigenvalue weighted by molar-refractivity contribution is -0.0108. The number of nitrogens with one attached hydrogen (secondary N) is 2. The first-order chi connectivity index (χ1) is 22.6. The molecule has 1 saturated carbocycles. The van der Waals surface area contributed by atoms with Gasteiger partial charge in [-0.1, -0.05) is 97.0 Å². The van der Waals surface area contributed by atoms with Gasteiger partial charge in [-0.25, -0.2) is 18.4 Å². The summed E-state index contributed by atoms with van der Waals surface area (Å²) in [6, 6.07) is 0. The fourth-order valence-corrected chi connectivity index (χ4v) is 7.38. The molecule has 2 heterocycles. The van der Waals surface area contributed by atoms with Gasteiger partial charge in [0.1, 0.15) is 0 Å². The molecule has 0 spiro atoms. The molecule has 2 aromatic rings. The van der Waals surface area contributed by atoms with Crippen molar-refractivity contribution in [2.24, 2.45) is 0 Å². The van der Waals surface area contributed by atoms with Crippen molar-refractivity contribution in [3.8, 4) is 0 Å². The summed E-state index contributed by atoms with van der Waals surface area (Å²) >= 11 is 0. The second-order valence-electron chi connectivity index (χ2n) is 14.2. The number of rotatable bonds is 18. The molecular weight excluding hydrogens is 602 g/mol. The number of halogens is 2. The van der Waals surface area contributed by atoms with Crippen LogP contribution in [0.1, 0.15) is 187 Å². The van der Waals surface area contributed by atoms with Gasteiger partial charge in [-0.3, -0.25) is 0 Å². The molecule has 1 unspecified atom stereocenters. The first-order valence-electron chi connectivity index (χ1n) is 18.2. The number of carbonyl (C=O) groups excluding carboxylic acids is 2. The minimum atomic E-state index is -1.23. The summed E-state index contributed by atoms with van der Waals surface area (Å²) in [7, 11) is 0. The lowest BCUT2D eigenvalue weighted by atomic mass is 9.74. The Balaban J connectivity index is 1.27. The third-order valence-corrected chi connectivity index (χ3v) is 10.5. The van der Waals surface area contributed by atoms with Gasteiger partial charge in [-0.05, 0) is 69.3 Å². The zero-order valence-corrected chi connectivity index (χ0v) is 28.5. The van der Waals surface area contributed by atoms with Gasteiger partial charge >= 0.3 is 11.9 Å². The molecule has 0 saturated heterocycles. The van der Waals surface area contributed by atoms with Crippen LogP contribution in [0.3, 0.4) is 0 Å². The zero-order chi connectivity index (χ0) is 33.9. The first kappa shape index (κ1) is 37.0. The third-order valence-electron chi connectivity index (χ3n) is 10.5. The van der Waals surface area contributed by atoms with Gasteiger partial charge < -0.3 is 24.9 Å². The van der Waals surface area contributed by atoms with Gasteiger partial charge in [0, 0.05) is 23.5 Å². The molecule has 0 radical (unpaired) electrons. The number of hydrogen-bond donors (Lipinski definition) is 4. The molecule has 2 aliphatic rings. The second-order valence-corrected chi connectivity index (χ2v) is 14.2. The van der Waals surface area contributed by atoms with Crippen molar-refractivity contribution >= 4 is 17.5 Å². The Bertz CT molecular complexity index is 1340. The smallest absolute Gasteiger partial charge is 0.365 e. The molecule has 2 aliphatic carbocycles. The van der Waals surface area contributed by atoms with Crippen LogP contribution in [0.5, 0.6) is 0 Å². The number of ether oxygens (including phenoxy) is 1. The summed E-state index contributed by atoms with van der Waals surface area (Å²) in [6.07, 6.45) is 23.6. The molecule has 0 amide bonds. The van der Waals surface area contributed by atoms with Crippen molar-refractivity contribution in [1.82, 2.24) is 9.97 Å². The molecule has 2 aromatic heterocycles. The van der Waals surface area contributed by atoms with Crippen LogP contribution in [-0.4, -0.2) is 43.3 Å². The van der Waals surface area contributed by atoms with Crippen molar-refractivity contribution in [3.05, 3.63) is 52.6 Å². The maximum atomic E-state index is 15.4. The molecule has 1 atom stereocenters. The Labute approximate surface area is 279 Å². The standard InChI is InChI=1S/C38H56F2N2O5/c1-3-5-7-9-11-13-19-37(45)21-15-27(16-22-37)29-25-41-33(31(29)39)35(43)47-36(44)34-32(40)30(26-42-34)28-17-23-38(46,24-18-28)20-14-12-10-8-6-4-2/h15,25-26,28,41-42,45-46H,3-14,16-24H2,1-2H3. The molecule has 7 nitrogen and oxygen atoms in total. The van der Waals surface area contributed by atoms with E-state index in [1.54, 1.807) is 0 Å². The lowest BCUT2D eigenvalue weighted by Crippen LogP contribution is -2.33. The molecule has 1 fully saturated rings. The van der Waals surface area contributed by atoms with Crippen molar-refractivity contribution in [3.63, 3.8) is 0 Å². The quantitative estimate of drug-likeness (QED) is 0.0723. The van der Waals surface area contributed by atoms with Crippen molar-refractivity contribution in [2.75, 3.05) is 0 Å². The van der Waals surface area contributed by atoms with Crippen molar-refractivity contribution < 1.29 is 33.3 Å².